The van der Waals surface area contributed by atoms with Gasteiger partial charge in [0.15, 0.2) is 0 Å². The number of hydrogen-bond acceptors (Lipinski definition) is 3. The van der Waals surface area contributed by atoms with Crippen LogP contribution in [0.5, 0.6) is 0 Å². The molecule has 0 unspecified atom stereocenters. The molecule has 4 nitrogen and oxygen atoms in total. The molecule has 1 fully saturated rings. The molecule has 2 aromatic rings. The fourth-order valence-corrected chi connectivity index (χ4v) is 2.61. The van der Waals surface area contributed by atoms with E-state index in [2.05, 4.69) is 19.8 Å². The van der Waals surface area contributed by atoms with Gasteiger partial charge in [0.2, 0.25) is 0 Å². The van der Waals surface area contributed by atoms with Gasteiger partial charge in [0, 0.05) is 51.2 Å². The smallest absolute Gasteiger partial charge is 0.123 e. The Balaban J connectivity index is 1.48. The van der Waals surface area contributed by atoms with Crippen molar-refractivity contribution in [2.75, 3.05) is 26.2 Å². The molecular formula is C15H19FN4. The number of H-pyrrole nitrogens is 1. The molecule has 1 aromatic carbocycles. The van der Waals surface area contributed by atoms with Crippen LogP contribution in [0.1, 0.15) is 11.3 Å². The van der Waals surface area contributed by atoms with Gasteiger partial charge in [0.1, 0.15) is 5.82 Å². The highest BCUT2D eigenvalue weighted by Crippen LogP contribution is 2.11. The first kappa shape index (κ1) is 13.3. The molecule has 1 N–H and O–H groups in total. The maximum Gasteiger partial charge on any atom is 0.123 e. The Labute approximate surface area is 118 Å². The van der Waals surface area contributed by atoms with Gasteiger partial charge in [-0.05, 0) is 17.7 Å². The molecule has 0 amide bonds. The van der Waals surface area contributed by atoms with Crippen LogP contribution in [0.3, 0.4) is 0 Å². The molecule has 106 valence electrons. The third-order valence-corrected chi connectivity index (χ3v) is 3.71. The van der Waals surface area contributed by atoms with Crippen LogP contribution in [-0.4, -0.2) is 45.9 Å². The molecule has 1 aliphatic rings. The Morgan fingerprint density at radius 1 is 1.10 bits per heavy atom. The van der Waals surface area contributed by atoms with Crippen molar-refractivity contribution >= 4 is 0 Å². The number of piperazine rings is 1. The quantitative estimate of drug-likeness (QED) is 0.924. The van der Waals surface area contributed by atoms with Crippen molar-refractivity contribution in [3.05, 3.63) is 53.9 Å². The van der Waals surface area contributed by atoms with E-state index in [1.807, 2.05) is 12.3 Å². The molecule has 1 saturated heterocycles. The Kier molecular flexibility index (Phi) is 4.08. The maximum absolute atomic E-state index is 13.2. The summed E-state index contributed by atoms with van der Waals surface area (Å²) in [7, 11) is 0. The highest BCUT2D eigenvalue weighted by molar-refractivity contribution is 5.16. The fraction of sp³-hybridized carbons (Fsp3) is 0.400. The molecule has 0 saturated carbocycles. The van der Waals surface area contributed by atoms with Crippen LogP contribution in [0.25, 0.3) is 0 Å². The Morgan fingerprint density at radius 2 is 1.85 bits per heavy atom. The van der Waals surface area contributed by atoms with Crippen molar-refractivity contribution < 1.29 is 4.39 Å². The molecule has 5 heteroatoms. The highest BCUT2D eigenvalue weighted by atomic mass is 19.1. The van der Waals surface area contributed by atoms with Crippen LogP contribution in [0, 0.1) is 5.82 Å². The zero-order chi connectivity index (χ0) is 13.8. The first-order valence-corrected chi connectivity index (χ1v) is 6.96. The summed E-state index contributed by atoms with van der Waals surface area (Å²) >= 11 is 0. The lowest BCUT2D eigenvalue weighted by molar-refractivity contribution is 0.121. The average Bonchev–Trinajstić information content (AvgIpc) is 2.94. The van der Waals surface area contributed by atoms with E-state index in [0.717, 1.165) is 50.5 Å². The van der Waals surface area contributed by atoms with Crippen LogP contribution in [0.4, 0.5) is 4.39 Å². The number of nitrogens with zero attached hydrogens (tertiary/aromatic N) is 3. The zero-order valence-corrected chi connectivity index (χ0v) is 11.4. The summed E-state index contributed by atoms with van der Waals surface area (Å²) in [5, 5.41) is 0. The van der Waals surface area contributed by atoms with Crippen LogP contribution in [-0.2, 0) is 13.1 Å². The van der Waals surface area contributed by atoms with E-state index >= 15 is 0 Å². The molecule has 0 spiro atoms. The summed E-state index contributed by atoms with van der Waals surface area (Å²) < 4.78 is 13.2. The number of aromatic amines is 1. The number of nitrogens with one attached hydrogen (secondary N) is 1. The minimum Gasteiger partial charge on any atom is -0.347 e. The van der Waals surface area contributed by atoms with Crippen molar-refractivity contribution in [3.63, 3.8) is 0 Å². The molecule has 20 heavy (non-hydrogen) atoms. The van der Waals surface area contributed by atoms with Gasteiger partial charge in [-0.15, -0.1) is 0 Å². The summed E-state index contributed by atoms with van der Waals surface area (Å²) in [6.07, 6.45) is 3.59. The van der Waals surface area contributed by atoms with E-state index in [-0.39, 0.29) is 5.82 Å². The number of rotatable bonds is 4. The van der Waals surface area contributed by atoms with Crippen LogP contribution >= 0.6 is 0 Å². The van der Waals surface area contributed by atoms with Gasteiger partial charge < -0.3 is 4.98 Å². The van der Waals surface area contributed by atoms with Gasteiger partial charge in [-0.3, -0.25) is 9.80 Å². The predicted octanol–water partition coefficient (Wildman–Crippen LogP) is 1.87. The standard InChI is InChI=1S/C15H19FN4/c16-14-3-1-2-13(8-14)10-19-4-6-20(7-5-19)11-15-9-17-12-18-15/h1-3,8-9,12H,4-7,10-11H2,(H,17,18). The molecule has 1 aliphatic heterocycles. The highest BCUT2D eigenvalue weighted by Gasteiger charge is 2.17. The molecule has 0 aliphatic carbocycles. The Bertz CT molecular complexity index is 533. The lowest BCUT2D eigenvalue weighted by Gasteiger charge is -2.34. The number of hydrogen-bond donors (Lipinski definition) is 1. The monoisotopic (exact) mass is 274 g/mol. The van der Waals surface area contributed by atoms with Crippen molar-refractivity contribution in [2.24, 2.45) is 0 Å². The van der Waals surface area contributed by atoms with E-state index < -0.39 is 0 Å². The van der Waals surface area contributed by atoms with E-state index in [9.17, 15) is 4.39 Å². The van der Waals surface area contributed by atoms with Gasteiger partial charge in [0.05, 0.1) is 6.33 Å². The van der Waals surface area contributed by atoms with Crippen molar-refractivity contribution in [1.82, 2.24) is 19.8 Å². The lowest BCUT2D eigenvalue weighted by atomic mass is 10.2. The number of benzene rings is 1. The normalized spacial score (nSPS) is 17.4. The van der Waals surface area contributed by atoms with Crippen molar-refractivity contribution in [1.29, 1.82) is 0 Å². The van der Waals surface area contributed by atoms with Gasteiger partial charge in [-0.2, -0.15) is 0 Å². The molecule has 2 heterocycles. The van der Waals surface area contributed by atoms with Gasteiger partial charge in [-0.25, -0.2) is 9.37 Å². The van der Waals surface area contributed by atoms with E-state index in [4.69, 9.17) is 0 Å². The second-order valence-electron chi connectivity index (χ2n) is 5.26. The van der Waals surface area contributed by atoms with Crippen molar-refractivity contribution in [3.8, 4) is 0 Å². The van der Waals surface area contributed by atoms with Crippen LogP contribution in [0.15, 0.2) is 36.8 Å². The minimum atomic E-state index is -0.152. The maximum atomic E-state index is 13.2. The number of imidazole rings is 1. The minimum absolute atomic E-state index is 0.152. The third-order valence-electron chi connectivity index (χ3n) is 3.71. The Morgan fingerprint density at radius 3 is 2.50 bits per heavy atom. The first-order valence-electron chi connectivity index (χ1n) is 6.96. The summed E-state index contributed by atoms with van der Waals surface area (Å²) in [4.78, 5) is 12.0. The van der Waals surface area contributed by atoms with Gasteiger partial charge >= 0.3 is 0 Å². The van der Waals surface area contributed by atoms with Gasteiger partial charge in [-0.1, -0.05) is 12.1 Å². The van der Waals surface area contributed by atoms with Crippen LogP contribution in [0.2, 0.25) is 0 Å². The largest absolute Gasteiger partial charge is 0.347 e. The average molecular weight is 274 g/mol. The van der Waals surface area contributed by atoms with Crippen LogP contribution < -0.4 is 0 Å². The molecule has 1 aromatic heterocycles. The second kappa shape index (κ2) is 6.15. The Hall–Kier alpha value is -1.72. The molecular weight excluding hydrogens is 255 g/mol. The number of halogens is 1. The third kappa shape index (κ3) is 3.43. The number of aromatic nitrogens is 2. The van der Waals surface area contributed by atoms with Gasteiger partial charge in [0.25, 0.3) is 0 Å². The van der Waals surface area contributed by atoms with E-state index in [1.165, 1.54) is 6.07 Å². The summed E-state index contributed by atoms with van der Waals surface area (Å²) in [5.74, 6) is -0.152. The topological polar surface area (TPSA) is 35.2 Å². The summed E-state index contributed by atoms with van der Waals surface area (Å²) in [5.41, 5.74) is 2.20. The van der Waals surface area contributed by atoms with E-state index in [1.54, 1.807) is 18.5 Å². The summed E-state index contributed by atoms with van der Waals surface area (Å²) in [6, 6.07) is 6.88. The SMILES string of the molecule is Fc1cccc(CN2CCN(Cc3cnc[nH]3)CC2)c1. The second-order valence-corrected chi connectivity index (χ2v) is 5.26. The zero-order valence-electron chi connectivity index (χ0n) is 11.4. The molecule has 0 bridgehead atoms. The predicted molar refractivity (Wildman–Crippen MR) is 75.5 cm³/mol. The van der Waals surface area contributed by atoms with Crippen molar-refractivity contribution in [2.45, 2.75) is 13.1 Å². The molecule has 0 atom stereocenters. The first-order chi connectivity index (χ1) is 9.79. The molecule has 0 radical (unpaired) electrons. The summed E-state index contributed by atoms with van der Waals surface area (Å²) in [6.45, 7) is 5.86. The lowest BCUT2D eigenvalue weighted by Crippen LogP contribution is -2.45. The molecule has 3 rings (SSSR count). The fourth-order valence-electron chi connectivity index (χ4n) is 2.61. The van der Waals surface area contributed by atoms with E-state index in [0.29, 0.717) is 0 Å².